The molecule has 0 bridgehead atoms. The molecule has 0 saturated heterocycles. The van der Waals surface area contributed by atoms with Crippen LogP contribution in [0.3, 0.4) is 0 Å². The fourth-order valence-electron chi connectivity index (χ4n) is 1.07. The molecule has 13 heavy (non-hydrogen) atoms. The number of furan rings is 1. The van der Waals surface area contributed by atoms with Gasteiger partial charge in [-0.1, -0.05) is 0 Å². The molecule has 0 aromatic carbocycles. The van der Waals surface area contributed by atoms with Crippen molar-refractivity contribution in [3.63, 3.8) is 0 Å². The summed E-state index contributed by atoms with van der Waals surface area (Å²) in [6.45, 7) is 0. The first-order chi connectivity index (χ1) is 6.20. The number of rotatable bonds is 1. The standard InChI is InChI=1S/C8H4BrNO3/c9-5-3-13-7-4(8(11)12)1-2-10-6(5)7/h1-3H,(H,11,12). The van der Waals surface area contributed by atoms with E-state index < -0.39 is 5.97 Å². The van der Waals surface area contributed by atoms with Gasteiger partial charge in [0, 0.05) is 6.20 Å². The summed E-state index contributed by atoms with van der Waals surface area (Å²) < 4.78 is 5.71. The Kier molecular flexibility index (Phi) is 1.81. The number of pyridine rings is 1. The fourth-order valence-corrected chi connectivity index (χ4v) is 1.45. The number of nitrogens with zero attached hydrogens (tertiary/aromatic N) is 1. The van der Waals surface area contributed by atoms with Gasteiger partial charge in [-0.05, 0) is 22.0 Å². The Morgan fingerprint density at radius 3 is 3.08 bits per heavy atom. The van der Waals surface area contributed by atoms with Crippen LogP contribution in [0.15, 0.2) is 27.4 Å². The number of hydrogen-bond acceptors (Lipinski definition) is 3. The zero-order valence-electron chi connectivity index (χ0n) is 6.32. The van der Waals surface area contributed by atoms with Crippen molar-refractivity contribution in [2.45, 2.75) is 0 Å². The van der Waals surface area contributed by atoms with E-state index in [1.807, 2.05) is 0 Å². The summed E-state index contributed by atoms with van der Waals surface area (Å²) >= 11 is 3.20. The Labute approximate surface area is 81.3 Å². The highest BCUT2D eigenvalue weighted by Crippen LogP contribution is 2.26. The summed E-state index contributed by atoms with van der Waals surface area (Å²) in [5.41, 5.74) is 0.942. The van der Waals surface area contributed by atoms with Crippen LogP contribution >= 0.6 is 15.9 Å². The predicted octanol–water partition coefficient (Wildman–Crippen LogP) is 2.29. The van der Waals surface area contributed by atoms with Crippen LogP contribution in [0.4, 0.5) is 0 Å². The van der Waals surface area contributed by atoms with Crippen LogP contribution in [0.25, 0.3) is 11.1 Å². The van der Waals surface area contributed by atoms with Crippen LogP contribution in [-0.2, 0) is 0 Å². The summed E-state index contributed by atoms with van der Waals surface area (Å²) in [6, 6.07) is 1.40. The molecule has 0 atom stereocenters. The van der Waals surface area contributed by atoms with Crippen molar-refractivity contribution in [3.8, 4) is 0 Å². The molecule has 5 heteroatoms. The lowest BCUT2D eigenvalue weighted by Gasteiger charge is -1.93. The summed E-state index contributed by atoms with van der Waals surface area (Å²) in [7, 11) is 0. The fraction of sp³-hybridized carbons (Fsp3) is 0. The number of halogens is 1. The van der Waals surface area contributed by atoms with Crippen LogP contribution in [0, 0.1) is 0 Å². The third-order valence-electron chi connectivity index (χ3n) is 1.64. The molecule has 2 heterocycles. The molecule has 0 amide bonds. The summed E-state index contributed by atoms with van der Waals surface area (Å²) in [4.78, 5) is 14.7. The Morgan fingerprint density at radius 2 is 2.38 bits per heavy atom. The number of carbonyl (C=O) groups is 1. The minimum Gasteiger partial charge on any atom is -0.478 e. The molecule has 0 aliphatic rings. The molecule has 0 unspecified atom stereocenters. The normalized spacial score (nSPS) is 10.5. The third kappa shape index (κ3) is 1.21. The van der Waals surface area contributed by atoms with Gasteiger partial charge in [-0.15, -0.1) is 0 Å². The van der Waals surface area contributed by atoms with Gasteiger partial charge in [0.05, 0.1) is 4.47 Å². The van der Waals surface area contributed by atoms with Gasteiger partial charge in [0.1, 0.15) is 17.3 Å². The zero-order chi connectivity index (χ0) is 9.42. The molecule has 1 N–H and O–H groups in total. The number of hydrogen-bond donors (Lipinski definition) is 1. The average Bonchev–Trinajstić information content (AvgIpc) is 2.48. The molecule has 0 saturated carbocycles. The van der Waals surface area contributed by atoms with Crippen LogP contribution in [0.1, 0.15) is 10.4 Å². The number of fused-ring (bicyclic) bond motifs is 1. The molecule has 4 nitrogen and oxygen atoms in total. The van der Waals surface area contributed by atoms with Crippen LogP contribution in [0.2, 0.25) is 0 Å². The first-order valence-electron chi connectivity index (χ1n) is 3.45. The number of carboxylic acids is 1. The Bertz CT molecular complexity index is 477. The topological polar surface area (TPSA) is 63.3 Å². The smallest absolute Gasteiger partial charge is 0.339 e. The molecule has 66 valence electrons. The molecule has 0 fully saturated rings. The molecular weight excluding hydrogens is 238 g/mol. The maximum Gasteiger partial charge on any atom is 0.339 e. The number of aromatic nitrogens is 1. The number of carboxylic acid groups (broad SMARTS) is 1. The second kappa shape index (κ2) is 2.85. The average molecular weight is 242 g/mol. The first-order valence-corrected chi connectivity index (χ1v) is 4.24. The van der Waals surface area contributed by atoms with E-state index in [-0.39, 0.29) is 5.56 Å². The van der Waals surface area contributed by atoms with Crippen molar-refractivity contribution < 1.29 is 14.3 Å². The predicted molar refractivity (Wildman–Crippen MR) is 48.7 cm³/mol. The van der Waals surface area contributed by atoms with Gasteiger partial charge in [-0.2, -0.15) is 0 Å². The van der Waals surface area contributed by atoms with Gasteiger partial charge in [0.15, 0.2) is 5.58 Å². The van der Waals surface area contributed by atoms with E-state index in [4.69, 9.17) is 9.52 Å². The van der Waals surface area contributed by atoms with Crippen molar-refractivity contribution in [1.29, 1.82) is 0 Å². The highest BCUT2D eigenvalue weighted by Gasteiger charge is 2.13. The largest absolute Gasteiger partial charge is 0.478 e. The van der Waals surface area contributed by atoms with E-state index in [9.17, 15) is 4.79 Å². The van der Waals surface area contributed by atoms with Crippen LogP contribution < -0.4 is 0 Å². The van der Waals surface area contributed by atoms with Crippen LogP contribution in [0.5, 0.6) is 0 Å². The highest BCUT2D eigenvalue weighted by molar-refractivity contribution is 9.10. The highest BCUT2D eigenvalue weighted by atomic mass is 79.9. The SMILES string of the molecule is O=C(O)c1ccnc2c(Br)coc12. The van der Waals surface area contributed by atoms with Crippen LogP contribution in [-0.4, -0.2) is 16.1 Å². The van der Waals surface area contributed by atoms with Gasteiger partial charge < -0.3 is 9.52 Å². The molecule has 2 aromatic rings. The minimum absolute atomic E-state index is 0.121. The van der Waals surface area contributed by atoms with Crippen molar-refractivity contribution in [1.82, 2.24) is 4.98 Å². The molecule has 0 aliphatic heterocycles. The lowest BCUT2D eigenvalue weighted by molar-refractivity contribution is 0.0698. The second-order valence-corrected chi connectivity index (χ2v) is 3.28. The van der Waals surface area contributed by atoms with E-state index in [0.717, 1.165) is 0 Å². The molecular formula is C8H4BrNO3. The summed E-state index contributed by atoms with van der Waals surface area (Å²) in [5, 5.41) is 8.79. The lowest BCUT2D eigenvalue weighted by atomic mass is 10.2. The third-order valence-corrected chi connectivity index (χ3v) is 2.20. The Hall–Kier alpha value is -1.36. The van der Waals surface area contributed by atoms with Crippen molar-refractivity contribution in [3.05, 3.63) is 28.6 Å². The molecule has 0 radical (unpaired) electrons. The minimum atomic E-state index is -1.02. The zero-order valence-corrected chi connectivity index (χ0v) is 7.91. The molecule has 0 spiro atoms. The first kappa shape index (κ1) is 8.25. The Morgan fingerprint density at radius 1 is 1.62 bits per heavy atom. The van der Waals surface area contributed by atoms with Crippen molar-refractivity contribution in [2.75, 3.05) is 0 Å². The quantitative estimate of drug-likeness (QED) is 0.833. The van der Waals surface area contributed by atoms with E-state index in [0.29, 0.717) is 15.6 Å². The summed E-state index contributed by atoms with van der Waals surface area (Å²) in [5.74, 6) is -1.02. The molecule has 2 rings (SSSR count). The van der Waals surface area contributed by atoms with Crippen molar-refractivity contribution >= 4 is 33.0 Å². The van der Waals surface area contributed by atoms with Gasteiger partial charge in [0.25, 0.3) is 0 Å². The molecule has 0 aliphatic carbocycles. The van der Waals surface area contributed by atoms with E-state index in [2.05, 4.69) is 20.9 Å². The van der Waals surface area contributed by atoms with Crippen molar-refractivity contribution in [2.24, 2.45) is 0 Å². The summed E-state index contributed by atoms with van der Waals surface area (Å²) in [6.07, 6.45) is 2.86. The maximum atomic E-state index is 10.7. The second-order valence-electron chi connectivity index (χ2n) is 2.43. The van der Waals surface area contributed by atoms with Gasteiger partial charge in [-0.25, -0.2) is 4.79 Å². The van der Waals surface area contributed by atoms with Gasteiger partial charge >= 0.3 is 5.97 Å². The number of aromatic carboxylic acids is 1. The molecule has 2 aromatic heterocycles. The lowest BCUT2D eigenvalue weighted by Crippen LogP contribution is -1.96. The van der Waals surface area contributed by atoms with E-state index in [1.165, 1.54) is 18.5 Å². The van der Waals surface area contributed by atoms with E-state index >= 15 is 0 Å². The Balaban J connectivity index is 2.84. The maximum absolute atomic E-state index is 10.7. The van der Waals surface area contributed by atoms with Gasteiger partial charge in [-0.3, -0.25) is 4.98 Å². The van der Waals surface area contributed by atoms with E-state index in [1.54, 1.807) is 0 Å². The monoisotopic (exact) mass is 241 g/mol. The van der Waals surface area contributed by atoms with Gasteiger partial charge in [0.2, 0.25) is 0 Å².